The Labute approximate surface area is 123 Å². The summed E-state index contributed by atoms with van der Waals surface area (Å²) in [6, 6.07) is 12.8. The van der Waals surface area contributed by atoms with Gasteiger partial charge in [0.25, 0.3) is 0 Å². The van der Waals surface area contributed by atoms with E-state index in [0.717, 1.165) is 20.7 Å². The van der Waals surface area contributed by atoms with Gasteiger partial charge in [-0.05, 0) is 57.9 Å². The summed E-state index contributed by atoms with van der Waals surface area (Å²) in [7, 11) is 0.541. The molecule has 0 saturated carbocycles. The summed E-state index contributed by atoms with van der Waals surface area (Å²) in [5.41, 5.74) is 7.27. The maximum Gasteiger partial charge on any atom is 0.133 e. The second-order valence-electron chi connectivity index (χ2n) is 4.03. The van der Waals surface area contributed by atoms with E-state index in [1.54, 1.807) is 31.4 Å². The van der Waals surface area contributed by atoms with Gasteiger partial charge in [0.1, 0.15) is 5.75 Å². The number of ether oxygens (including phenoxy) is 1. The van der Waals surface area contributed by atoms with E-state index < -0.39 is 10.8 Å². The van der Waals surface area contributed by atoms with E-state index in [2.05, 4.69) is 15.9 Å². The van der Waals surface area contributed by atoms with Crippen molar-refractivity contribution in [3.8, 4) is 5.75 Å². The van der Waals surface area contributed by atoms with Crippen LogP contribution in [0, 0.1) is 0 Å². The van der Waals surface area contributed by atoms with E-state index in [-0.39, 0.29) is 0 Å². The topological polar surface area (TPSA) is 52.3 Å². The molecule has 19 heavy (non-hydrogen) atoms. The number of hydrogen-bond acceptors (Lipinski definition) is 3. The van der Waals surface area contributed by atoms with Crippen LogP contribution < -0.4 is 10.5 Å². The standard InChI is InChI=1S/C14H14BrNO2S/c1-18-14-7-2-10(8-13(14)15)9-19(17)12-5-3-11(16)4-6-12/h2-8H,9,16H2,1H3. The molecule has 0 heterocycles. The minimum Gasteiger partial charge on any atom is -0.496 e. The van der Waals surface area contributed by atoms with Crippen LogP contribution in [0.3, 0.4) is 0 Å². The van der Waals surface area contributed by atoms with Gasteiger partial charge in [-0.15, -0.1) is 0 Å². The number of nitrogen functional groups attached to an aromatic ring is 1. The number of rotatable bonds is 4. The number of halogens is 1. The lowest BCUT2D eigenvalue weighted by molar-refractivity contribution is 0.412. The maximum absolute atomic E-state index is 12.2. The third-order valence-electron chi connectivity index (χ3n) is 2.66. The molecule has 0 radical (unpaired) electrons. The fraction of sp³-hybridized carbons (Fsp3) is 0.143. The smallest absolute Gasteiger partial charge is 0.133 e. The summed E-state index contributed by atoms with van der Waals surface area (Å²) in [4.78, 5) is 0.779. The zero-order valence-electron chi connectivity index (χ0n) is 10.4. The fourth-order valence-corrected chi connectivity index (χ4v) is 3.33. The summed E-state index contributed by atoms with van der Waals surface area (Å²) in [5, 5.41) is 0. The van der Waals surface area contributed by atoms with Gasteiger partial charge in [-0.2, -0.15) is 0 Å². The predicted molar refractivity (Wildman–Crippen MR) is 81.7 cm³/mol. The zero-order chi connectivity index (χ0) is 13.8. The Bertz CT molecular complexity index is 599. The van der Waals surface area contributed by atoms with E-state index in [9.17, 15) is 4.21 Å². The molecule has 0 amide bonds. The first-order valence-corrected chi connectivity index (χ1v) is 7.77. The lowest BCUT2D eigenvalue weighted by Crippen LogP contribution is -1.97. The van der Waals surface area contributed by atoms with Crippen LogP contribution in [0.4, 0.5) is 5.69 Å². The molecule has 5 heteroatoms. The van der Waals surface area contributed by atoms with Crippen LogP contribution in [0.5, 0.6) is 5.75 Å². The third-order valence-corrected chi connectivity index (χ3v) is 4.67. The van der Waals surface area contributed by atoms with Gasteiger partial charge < -0.3 is 10.5 Å². The molecular weight excluding hydrogens is 326 g/mol. The first-order chi connectivity index (χ1) is 9.10. The number of anilines is 1. The number of hydrogen-bond donors (Lipinski definition) is 1. The summed E-state index contributed by atoms with van der Waals surface area (Å²) in [6.45, 7) is 0. The monoisotopic (exact) mass is 339 g/mol. The van der Waals surface area contributed by atoms with Gasteiger partial charge in [-0.25, -0.2) is 0 Å². The van der Waals surface area contributed by atoms with Gasteiger partial charge in [0.2, 0.25) is 0 Å². The normalized spacial score (nSPS) is 12.1. The predicted octanol–water partition coefficient (Wildman–Crippen LogP) is 3.35. The molecule has 1 unspecified atom stereocenters. The molecule has 0 fully saturated rings. The Morgan fingerprint density at radius 1 is 1.21 bits per heavy atom. The van der Waals surface area contributed by atoms with E-state index in [0.29, 0.717) is 11.4 Å². The van der Waals surface area contributed by atoms with Crippen molar-refractivity contribution in [2.45, 2.75) is 10.6 Å². The highest BCUT2D eigenvalue weighted by Gasteiger charge is 2.07. The van der Waals surface area contributed by atoms with Crippen molar-refractivity contribution in [3.05, 3.63) is 52.5 Å². The SMILES string of the molecule is COc1ccc(CS(=O)c2ccc(N)cc2)cc1Br. The lowest BCUT2D eigenvalue weighted by atomic mass is 10.2. The third kappa shape index (κ3) is 3.58. The van der Waals surface area contributed by atoms with E-state index >= 15 is 0 Å². The van der Waals surface area contributed by atoms with Crippen LogP contribution in [-0.2, 0) is 16.6 Å². The maximum atomic E-state index is 12.2. The second-order valence-corrected chi connectivity index (χ2v) is 6.33. The largest absolute Gasteiger partial charge is 0.496 e. The number of benzene rings is 2. The highest BCUT2D eigenvalue weighted by molar-refractivity contribution is 9.10. The van der Waals surface area contributed by atoms with Gasteiger partial charge >= 0.3 is 0 Å². The Hall–Kier alpha value is -1.33. The van der Waals surface area contributed by atoms with Crippen molar-refractivity contribution in [2.75, 3.05) is 12.8 Å². The van der Waals surface area contributed by atoms with Gasteiger partial charge in [0, 0.05) is 10.6 Å². The molecule has 0 aliphatic rings. The Morgan fingerprint density at radius 3 is 2.47 bits per heavy atom. The fourth-order valence-electron chi connectivity index (χ4n) is 1.65. The van der Waals surface area contributed by atoms with Gasteiger partial charge in [0.15, 0.2) is 0 Å². The van der Waals surface area contributed by atoms with Crippen molar-refractivity contribution in [1.82, 2.24) is 0 Å². The summed E-state index contributed by atoms with van der Waals surface area (Å²) >= 11 is 3.42. The molecule has 3 nitrogen and oxygen atoms in total. The molecule has 0 aliphatic heterocycles. The minimum atomic E-state index is -1.08. The quantitative estimate of drug-likeness (QED) is 0.869. The molecule has 2 N–H and O–H groups in total. The highest BCUT2D eigenvalue weighted by atomic mass is 79.9. The minimum absolute atomic E-state index is 0.465. The molecule has 0 aromatic heterocycles. The van der Waals surface area contributed by atoms with E-state index in [1.807, 2.05) is 18.2 Å². The molecule has 0 saturated heterocycles. The number of methoxy groups -OCH3 is 1. The van der Waals surface area contributed by atoms with Gasteiger partial charge in [-0.1, -0.05) is 6.07 Å². The van der Waals surface area contributed by atoms with Crippen LogP contribution >= 0.6 is 15.9 Å². The van der Waals surface area contributed by atoms with Crippen molar-refractivity contribution in [2.24, 2.45) is 0 Å². The summed E-state index contributed by atoms with van der Waals surface area (Å²) in [6.07, 6.45) is 0. The molecule has 1 atom stereocenters. The highest BCUT2D eigenvalue weighted by Crippen LogP contribution is 2.26. The van der Waals surface area contributed by atoms with Crippen LogP contribution in [-0.4, -0.2) is 11.3 Å². The molecular formula is C14H14BrNO2S. The average molecular weight is 340 g/mol. The second kappa shape index (κ2) is 6.21. The first kappa shape index (κ1) is 14.1. The van der Waals surface area contributed by atoms with E-state index in [1.165, 1.54) is 0 Å². The van der Waals surface area contributed by atoms with E-state index in [4.69, 9.17) is 10.5 Å². The van der Waals surface area contributed by atoms with Crippen LogP contribution in [0.2, 0.25) is 0 Å². The molecule has 0 bridgehead atoms. The summed E-state index contributed by atoms with van der Waals surface area (Å²) in [5.74, 6) is 1.23. The first-order valence-electron chi connectivity index (χ1n) is 5.66. The summed E-state index contributed by atoms with van der Waals surface area (Å²) < 4.78 is 18.2. The van der Waals surface area contributed by atoms with Gasteiger partial charge in [-0.3, -0.25) is 4.21 Å². The van der Waals surface area contributed by atoms with Crippen molar-refractivity contribution in [1.29, 1.82) is 0 Å². The van der Waals surface area contributed by atoms with Gasteiger partial charge in [0.05, 0.1) is 28.1 Å². The van der Waals surface area contributed by atoms with Crippen molar-refractivity contribution < 1.29 is 8.95 Å². The van der Waals surface area contributed by atoms with Crippen molar-refractivity contribution in [3.63, 3.8) is 0 Å². The van der Waals surface area contributed by atoms with Crippen LogP contribution in [0.1, 0.15) is 5.56 Å². The molecule has 0 aliphatic carbocycles. The Kier molecular flexibility index (Phi) is 4.61. The molecule has 2 rings (SSSR count). The molecule has 0 spiro atoms. The Balaban J connectivity index is 2.14. The molecule has 100 valence electrons. The lowest BCUT2D eigenvalue weighted by Gasteiger charge is -2.07. The van der Waals surface area contributed by atoms with Crippen molar-refractivity contribution >= 4 is 32.4 Å². The van der Waals surface area contributed by atoms with Crippen LogP contribution in [0.25, 0.3) is 0 Å². The molecule has 2 aromatic rings. The average Bonchev–Trinajstić information content (AvgIpc) is 2.39. The Morgan fingerprint density at radius 2 is 1.89 bits per heavy atom. The molecule has 2 aromatic carbocycles. The van der Waals surface area contributed by atoms with Crippen LogP contribution in [0.15, 0.2) is 51.8 Å². The number of nitrogens with two attached hydrogens (primary N) is 1. The zero-order valence-corrected chi connectivity index (χ0v) is 12.8.